The van der Waals surface area contributed by atoms with Gasteiger partial charge >= 0.3 is 0 Å². The van der Waals surface area contributed by atoms with Crippen molar-refractivity contribution in [1.29, 1.82) is 5.26 Å². The quantitative estimate of drug-likeness (QED) is 0.285. The van der Waals surface area contributed by atoms with Crippen molar-refractivity contribution in [1.82, 2.24) is 34.4 Å². The molecule has 4 heterocycles. The first-order valence-corrected chi connectivity index (χ1v) is 17.0. The van der Waals surface area contributed by atoms with Crippen LogP contribution in [0, 0.1) is 11.3 Å². The summed E-state index contributed by atoms with van der Waals surface area (Å²) in [5, 5.41) is 17.6. The van der Waals surface area contributed by atoms with E-state index in [1.807, 2.05) is 18.0 Å². The van der Waals surface area contributed by atoms with Gasteiger partial charge in [0.2, 0.25) is 15.2 Å². The zero-order chi connectivity index (χ0) is 29.9. The van der Waals surface area contributed by atoms with Crippen molar-refractivity contribution in [2.75, 3.05) is 49.6 Å². The number of rotatable bonds is 9. The smallest absolute Gasteiger partial charge is 0.291 e. The van der Waals surface area contributed by atoms with Crippen molar-refractivity contribution in [3.63, 3.8) is 0 Å². The Kier molecular flexibility index (Phi) is 7.13. The molecule has 18 heteroatoms. The van der Waals surface area contributed by atoms with E-state index < -0.39 is 36.8 Å². The first-order valence-electron chi connectivity index (χ1n) is 12.9. The van der Waals surface area contributed by atoms with Crippen molar-refractivity contribution < 1.29 is 25.6 Å². The standard InChI is InChI=1S/C24H25F2N9O4S3/c1-33(6-7-34-8-10-41(36,37)11-9-34)20-18-16-3-2-15(42(38,39)32-24(13-27)4-5-24)12-17(16)35(21(18)29-14-28-20)23-31-30-22(40-23)19(25)26/h2-3,12,14,19,32H,4-11H2,1H3. The lowest BCUT2D eigenvalue weighted by atomic mass is 10.2. The molecule has 0 bridgehead atoms. The molecular weight excluding hydrogens is 613 g/mol. The molecule has 2 aliphatic rings. The fraction of sp³-hybridized carbons (Fsp3) is 0.458. The molecule has 0 unspecified atom stereocenters. The highest BCUT2D eigenvalue weighted by atomic mass is 32.2. The Hall–Kier alpha value is -3.37. The topological polar surface area (TPSA) is 167 Å². The van der Waals surface area contributed by atoms with Crippen molar-refractivity contribution in [3.8, 4) is 11.2 Å². The maximum Gasteiger partial charge on any atom is 0.291 e. The number of nitriles is 1. The number of hydrogen-bond donors (Lipinski definition) is 1. The lowest BCUT2D eigenvalue weighted by molar-refractivity contribution is 0.150. The third-order valence-electron chi connectivity index (χ3n) is 7.46. The molecule has 1 saturated carbocycles. The van der Waals surface area contributed by atoms with Crippen LogP contribution in [0.25, 0.3) is 27.1 Å². The summed E-state index contributed by atoms with van der Waals surface area (Å²) >= 11 is 0.661. The summed E-state index contributed by atoms with van der Waals surface area (Å²) < 4.78 is 80.9. The van der Waals surface area contributed by atoms with Gasteiger partial charge < -0.3 is 4.90 Å². The molecule has 0 radical (unpaired) electrons. The monoisotopic (exact) mass is 637 g/mol. The molecule has 13 nitrogen and oxygen atoms in total. The maximum absolute atomic E-state index is 13.4. The molecule has 2 fully saturated rings. The van der Waals surface area contributed by atoms with Crippen molar-refractivity contribution in [3.05, 3.63) is 29.5 Å². The molecule has 4 aromatic rings. The van der Waals surface area contributed by atoms with E-state index in [0.29, 0.717) is 78.1 Å². The Balaban J connectivity index is 1.44. The summed E-state index contributed by atoms with van der Waals surface area (Å²) in [6.45, 7) is 1.96. The summed E-state index contributed by atoms with van der Waals surface area (Å²) in [7, 11) is -5.28. The minimum Gasteiger partial charge on any atom is -0.358 e. The number of hydrogen-bond acceptors (Lipinski definition) is 12. The van der Waals surface area contributed by atoms with Crippen LogP contribution in [0.1, 0.15) is 24.3 Å². The molecule has 3 aromatic heterocycles. The van der Waals surface area contributed by atoms with Gasteiger partial charge in [-0.1, -0.05) is 17.4 Å². The Morgan fingerprint density at radius 2 is 1.95 bits per heavy atom. The third-order valence-corrected chi connectivity index (χ3v) is 11.5. The normalized spacial score (nSPS) is 18.5. The number of sulfone groups is 1. The fourth-order valence-electron chi connectivity index (χ4n) is 4.90. The van der Waals surface area contributed by atoms with Gasteiger partial charge in [0.25, 0.3) is 6.43 Å². The number of aromatic nitrogens is 5. The second kappa shape index (κ2) is 10.4. The van der Waals surface area contributed by atoms with Crippen LogP contribution in [-0.2, 0) is 19.9 Å². The third kappa shape index (κ3) is 5.30. The van der Waals surface area contributed by atoms with E-state index in [2.05, 4.69) is 29.8 Å². The second-order valence-corrected chi connectivity index (χ2v) is 15.3. The predicted octanol–water partition coefficient (Wildman–Crippen LogP) is 1.86. The van der Waals surface area contributed by atoms with Crippen LogP contribution in [0.5, 0.6) is 0 Å². The van der Waals surface area contributed by atoms with Gasteiger partial charge in [-0.2, -0.15) is 9.98 Å². The van der Waals surface area contributed by atoms with Gasteiger partial charge in [0.15, 0.2) is 20.5 Å². The molecule has 0 spiro atoms. The highest BCUT2D eigenvalue weighted by molar-refractivity contribution is 7.91. The summed E-state index contributed by atoms with van der Waals surface area (Å²) in [6, 6.07) is 6.42. The van der Waals surface area contributed by atoms with Gasteiger partial charge in [0.05, 0.1) is 33.4 Å². The Morgan fingerprint density at radius 1 is 1.21 bits per heavy atom. The van der Waals surface area contributed by atoms with E-state index >= 15 is 0 Å². The van der Waals surface area contributed by atoms with Crippen LogP contribution in [0.4, 0.5) is 14.6 Å². The SMILES string of the molecule is CN(CCN1CCS(=O)(=O)CC1)c1ncnc2c1c1ccc(S(=O)(=O)NC3(C#N)CC3)cc1n2-c1nnc(C(F)F)s1. The van der Waals surface area contributed by atoms with Crippen LogP contribution in [-0.4, -0.2) is 96.7 Å². The van der Waals surface area contributed by atoms with E-state index in [4.69, 9.17) is 0 Å². The number of nitrogens with one attached hydrogen (secondary N) is 1. The molecule has 6 rings (SSSR count). The van der Waals surface area contributed by atoms with Crippen LogP contribution >= 0.6 is 11.3 Å². The molecular formula is C24H25F2N9O4S3. The van der Waals surface area contributed by atoms with E-state index in [-0.39, 0.29) is 21.5 Å². The zero-order valence-electron chi connectivity index (χ0n) is 22.2. The number of fused-ring (bicyclic) bond motifs is 3. The van der Waals surface area contributed by atoms with E-state index in [0.717, 1.165) is 0 Å². The average molecular weight is 638 g/mol. The molecule has 0 atom stereocenters. The van der Waals surface area contributed by atoms with Crippen molar-refractivity contribution in [2.24, 2.45) is 0 Å². The van der Waals surface area contributed by atoms with Crippen LogP contribution in [0.3, 0.4) is 0 Å². The number of likely N-dealkylation sites (N-methyl/N-ethyl adjacent to an activating group) is 1. The number of benzene rings is 1. The first-order chi connectivity index (χ1) is 19.9. The molecule has 222 valence electrons. The molecule has 1 saturated heterocycles. The number of alkyl halides is 2. The van der Waals surface area contributed by atoms with E-state index in [1.165, 1.54) is 23.0 Å². The van der Waals surface area contributed by atoms with Gasteiger partial charge in [-0.25, -0.2) is 35.6 Å². The summed E-state index contributed by atoms with van der Waals surface area (Å²) in [6.07, 6.45) is -0.698. The van der Waals surface area contributed by atoms with Crippen molar-refractivity contribution >= 4 is 59.0 Å². The number of anilines is 1. The van der Waals surface area contributed by atoms with Crippen LogP contribution in [0.15, 0.2) is 29.4 Å². The number of sulfonamides is 1. The highest BCUT2D eigenvalue weighted by Gasteiger charge is 2.47. The van der Waals surface area contributed by atoms with Crippen molar-refractivity contribution in [2.45, 2.75) is 29.7 Å². The second-order valence-electron chi connectivity index (χ2n) is 10.3. The molecule has 1 aliphatic carbocycles. The Bertz CT molecular complexity index is 1940. The van der Waals surface area contributed by atoms with Gasteiger partial charge in [0.1, 0.15) is 17.7 Å². The summed E-state index contributed by atoms with van der Waals surface area (Å²) in [5.41, 5.74) is -0.477. The number of nitrogens with zero attached hydrogens (tertiary/aromatic N) is 8. The Labute approximate surface area is 243 Å². The summed E-state index contributed by atoms with van der Waals surface area (Å²) in [5.74, 6) is 0.738. The minimum atomic E-state index is -4.09. The van der Waals surface area contributed by atoms with Crippen LogP contribution in [0.2, 0.25) is 0 Å². The average Bonchev–Trinajstić information content (AvgIpc) is 3.39. The number of halogens is 2. The summed E-state index contributed by atoms with van der Waals surface area (Å²) in [4.78, 5) is 12.8. The maximum atomic E-state index is 13.4. The lowest BCUT2D eigenvalue weighted by Crippen LogP contribution is -2.43. The molecule has 1 aliphatic heterocycles. The molecule has 42 heavy (non-hydrogen) atoms. The molecule has 1 N–H and O–H groups in total. The van der Waals surface area contributed by atoms with E-state index in [9.17, 15) is 30.9 Å². The molecule has 0 amide bonds. The van der Waals surface area contributed by atoms with Gasteiger partial charge in [0, 0.05) is 38.6 Å². The molecule has 1 aromatic carbocycles. The fourth-order valence-corrected chi connectivity index (χ4v) is 8.29. The first kappa shape index (κ1) is 28.7. The highest BCUT2D eigenvalue weighted by Crippen LogP contribution is 2.39. The zero-order valence-corrected chi connectivity index (χ0v) is 24.7. The largest absolute Gasteiger partial charge is 0.358 e. The minimum absolute atomic E-state index is 0.0744. The van der Waals surface area contributed by atoms with Gasteiger partial charge in [-0.15, -0.1) is 10.2 Å². The van der Waals surface area contributed by atoms with E-state index in [1.54, 1.807) is 6.07 Å². The Morgan fingerprint density at radius 3 is 2.60 bits per heavy atom. The lowest BCUT2D eigenvalue weighted by Gasteiger charge is -2.29. The predicted molar refractivity (Wildman–Crippen MR) is 151 cm³/mol. The van der Waals surface area contributed by atoms with Gasteiger partial charge in [-0.05, 0) is 25.0 Å². The van der Waals surface area contributed by atoms with Crippen LogP contribution < -0.4 is 9.62 Å². The van der Waals surface area contributed by atoms with Gasteiger partial charge in [-0.3, -0.25) is 9.47 Å².